The van der Waals surface area contributed by atoms with Gasteiger partial charge in [0.15, 0.2) is 0 Å². The fourth-order valence-electron chi connectivity index (χ4n) is 2.80. The van der Waals surface area contributed by atoms with Crippen molar-refractivity contribution in [3.8, 4) is 0 Å². The van der Waals surface area contributed by atoms with Crippen LogP contribution in [0.5, 0.6) is 0 Å². The van der Waals surface area contributed by atoms with Crippen LogP contribution >= 0.6 is 0 Å². The first-order valence-corrected chi connectivity index (χ1v) is 6.29. The molecule has 0 bridgehead atoms. The Labute approximate surface area is 93.9 Å². The predicted molar refractivity (Wildman–Crippen MR) is 64.7 cm³/mol. The lowest BCUT2D eigenvalue weighted by Gasteiger charge is -2.34. The molecule has 2 aliphatic rings. The molecule has 86 valence electrons. The summed E-state index contributed by atoms with van der Waals surface area (Å²) in [7, 11) is 2.22. The Balaban J connectivity index is 1.85. The summed E-state index contributed by atoms with van der Waals surface area (Å²) < 4.78 is 0. The summed E-state index contributed by atoms with van der Waals surface area (Å²) in [5.74, 6) is 1.62. The molecule has 2 aliphatic heterocycles. The smallest absolute Gasteiger partial charge is 0.0201 e. The maximum absolute atomic E-state index is 4.33. The second kappa shape index (κ2) is 4.56. The molecule has 0 amide bonds. The third-order valence-corrected chi connectivity index (χ3v) is 4.02. The third kappa shape index (κ3) is 2.54. The standard InChI is InChI=1S/C13H24N2/c1-11-4-9-15(10-11)12(2)13-5-7-14(3)8-6-13/h11,13H,2,4-10H2,1,3H3. The van der Waals surface area contributed by atoms with Crippen LogP contribution in [0.3, 0.4) is 0 Å². The van der Waals surface area contributed by atoms with Gasteiger partial charge in [-0.3, -0.25) is 0 Å². The fourth-order valence-corrected chi connectivity index (χ4v) is 2.80. The Morgan fingerprint density at radius 2 is 1.80 bits per heavy atom. The van der Waals surface area contributed by atoms with Crippen LogP contribution in [0.2, 0.25) is 0 Å². The van der Waals surface area contributed by atoms with Crippen LogP contribution in [0.25, 0.3) is 0 Å². The molecule has 0 N–H and O–H groups in total. The van der Waals surface area contributed by atoms with Crippen molar-refractivity contribution < 1.29 is 0 Å². The minimum Gasteiger partial charge on any atom is -0.375 e. The van der Waals surface area contributed by atoms with Gasteiger partial charge in [-0.1, -0.05) is 13.5 Å². The SMILES string of the molecule is C=C(C1CCN(C)CC1)N1CCC(C)C1. The zero-order valence-corrected chi connectivity index (χ0v) is 10.2. The van der Waals surface area contributed by atoms with Gasteiger partial charge < -0.3 is 9.80 Å². The van der Waals surface area contributed by atoms with E-state index >= 15 is 0 Å². The van der Waals surface area contributed by atoms with E-state index < -0.39 is 0 Å². The summed E-state index contributed by atoms with van der Waals surface area (Å²) in [6, 6.07) is 0. The topological polar surface area (TPSA) is 6.48 Å². The first-order valence-electron chi connectivity index (χ1n) is 6.29. The number of likely N-dealkylation sites (tertiary alicyclic amines) is 2. The van der Waals surface area contributed by atoms with Crippen LogP contribution in [0, 0.1) is 11.8 Å². The summed E-state index contributed by atoms with van der Waals surface area (Å²) in [5, 5.41) is 0. The molecule has 2 nitrogen and oxygen atoms in total. The number of nitrogens with zero attached hydrogens (tertiary/aromatic N) is 2. The third-order valence-electron chi connectivity index (χ3n) is 4.02. The van der Waals surface area contributed by atoms with E-state index in [0.717, 1.165) is 11.8 Å². The summed E-state index contributed by atoms with van der Waals surface area (Å²) in [4.78, 5) is 4.96. The zero-order chi connectivity index (χ0) is 10.8. The molecule has 1 atom stereocenters. The molecule has 0 aromatic heterocycles. The highest BCUT2D eigenvalue weighted by Gasteiger charge is 2.26. The van der Waals surface area contributed by atoms with Gasteiger partial charge in [0.1, 0.15) is 0 Å². The normalized spacial score (nSPS) is 29.7. The quantitative estimate of drug-likeness (QED) is 0.686. The molecule has 0 radical (unpaired) electrons. The van der Waals surface area contributed by atoms with Crippen molar-refractivity contribution in [3.05, 3.63) is 12.3 Å². The van der Waals surface area contributed by atoms with Crippen LogP contribution in [0.15, 0.2) is 12.3 Å². The van der Waals surface area contributed by atoms with Crippen LogP contribution in [0.4, 0.5) is 0 Å². The van der Waals surface area contributed by atoms with E-state index in [4.69, 9.17) is 0 Å². The Morgan fingerprint density at radius 3 is 2.33 bits per heavy atom. The summed E-state index contributed by atoms with van der Waals surface area (Å²) >= 11 is 0. The lowest BCUT2D eigenvalue weighted by atomic mass is 9.93. The van der Waals surface area contributed by atoms with Gasteiger partial charge in [0, 0.05) is 24.7 Å². The van der Waals surface area contributed by atoms with Crippen LogP contribution in [-0.4, -0.2) is 43.0 Å². The molecule has 2 heteroatoms. The van der Waals surface area contributed by atoms with Gasteiger partial charge >= 0.3 is 0 Å². The maximum atomic E-state index is 4.33. The predicted octanol–water partition coefficient (Wildman–Crippen LogP) is 2.18. The molecule has 2 heterocycles. The lowest BCUT2D eigenvalue weighted by Crippen LogP contribution is -2.34. The molecule has 0 aromatic rings. The molecule has 0 aliphatic carbocycles. The summed E-state index contributed by atoms with van der Waals surface area (Å²) in [6.07, 6.45) is 3.96. The van der Waals surface area contributed by atoms with Crippen molar-refractivity contribution in [1.82, 2.24) is 9.80 Å². The maximum Gasteiger partial charge on any atom is 0.0201 e. The minimum atomic E-state index is 0.756. The van der Waals surface area contributed by atoms with Gasteiger partial charge in [-0.25, -0.2) is 0 Å². The monoisotopic (exact) mass is 208 g/mol. The van der Waals surface area contributed by atoms with E-state index in [1.54, 1.807) is 0 Å². The number of allylic oxidation sites excluding steroid dienone is 1. The van der Waals surface area contributed by atoms with E-state index in [2.05, 4.69) is 30.4 Å². The molecule has 2 fully saturated rings. The molecule has 1 unspecified atom stereocenters. The average molecular weight is 208 g/mol. The Hall–Kier alpha value is -0.500. The highest BCUT2D eigenvalue weighted by molar-refractivity contribution is 5.03. The molecular weight excluding hydrogens is 184 g/mol. The molecule has 2 rings (SSSR count). The van der Waals surface area contributed by atoms with E-state index in [0.29, 0.717) is 0 Å². The second-order valence-electron chi connectivity index (χ2n) is 5.41. The van der Waals surface area contributed by atoms with E-state index in [9.17, 15) is 0 Å². The Morgan fingerprint density at radius 1 is 1.13 bits per heavy atom. The first kappa shape index (κ1) is 11.0. The number of piperidine rings is 1. The molecule has 15 heavy (non-hydrogen) atoms. The number of hydrogen-bond donors (Lipinski definition) is 0. The van der Waals surface area contributed by atoms with E-state index in [1.807, 2.05) is 0 Å². The molecule has 0 aromatic carbocycles. The lowest BCUT2D eigenvalue weighted by molar-refractivity contribution is 0.212. The van der Waals surface area contributed by atoms with Crippen molar-refractivity contribution in [2.45, 2.75) is 26.2 Å². The Kier molecular flexibility index (Phi) is 3.35. The molecule has 0 spiro atoms. The van der Waals surface area contributed by atoms with Gasteiger partial charge in [0.25, 0.3) is 0 Å². The van der Waals surface area contributed by atoms with Crippen molar-refractivity contribution in [3.63, 3.8) is 0 Å². The highest BCUT2D eigenvalue weighted by atomic mass is 15.2. The van der Waals surface area contributed by atoms with Crippen molar-refractivity contribution in [2.75, 3.05) is 33.2 Å². The first-order chi connectivity index (χ1) is 7.16. The largest absolute Gasteiger partial charge is 0.375 e. The zero-order valence-electron chi connectivity index (χ0n) is 10.2. The van der Waals surface area contributed by atoms with Gasteiger partial charge in [0.05, 0.1) is 0 Å². The number of hydrogen-bond acceptors (Lipinski definition) is 2. The molecule has 2 saturated heterocycles. The van der Waals surface area contributed by atoms with Crippen molar-refractivity contribution in [2.24, 2.45) is 11.8 Å². The molecule has 0 saturated carbocycles. The number of rotatable bonds is 2. The Bertz CT molecular complexity index is 229. The van der Waals surface area contributed by atoms with E-state index in [1.165, 1.54) is 51.1 Å². The fraction of sp³-hybridized carbons (Fsp3) is 0.846. The van der Waals surface area contributed by atoms with Gasteiger partial charge in [-0.05, 0) is 45.3 Å². The van der Waals surface area contributed by atoms with Crippen molar-refractivity contribution >= 4 is 0 Å². The van der Waals surface area contributed by atoms with Crippen LogP contribution in [-0.2, 0) is 0 Å². The average Bonchev–Trinajstić information content (AvgIpc) is 2.65. The summed E-state index contributed by atoms with van der Waals surface area (Å²) in [6.45, 7) is 11.6. The van der Waals surface area contributed by atoms with E-state index in [-0.39, 0.29) is 0 Å². The van der Waals surface area contributed by atoms with Crippen LogP contribution in [0.1, 0.15) is 26.2 Å². The van der Waals surface area contributed by atoms with Gasteiger partial charge in [-0.2, -0.15) is 0 Å². The minimum absolute atomic E-state index is 0.756. The summed E-state index contributed by atoms with van der Waals surface area (Å²) in [5.41, 5.74) is 1.42. The van der Waals surface area contributed by atoms with Gasteiger partial charge in [0.2, 0.25) is 0 Å². The van der Waals surface area contributed by atoms with Crippen molar-refractivity contribution in [1.29, 1.82) is 0 Å². The molecular formula is C13H24N2. The highest BCUT2D eigenvalue weighted by Crippen LogP contribution is 2.29. The second-order valence-corrected chi connectivity index (χ2v) is 5.41. The van der Waals surface area contributed by atoms with Gasteiger partial charge in [-0.15, -0.1) is 0 Å². The van der Waals surface area contributed by atoms with Crippen LogP contribution < -0.4 is 0 Å².